The highest BCUT2D eigenvalue weighted by atomic mass is 35.5. The van der Waals surface area contributed by atoms with E-state index in [-0.39, 0.29) is 24.3 Å². The Morgan fingerprint density at radius 3 is 2.11 bits per heavy atom. The van der Waals surface area contributed by atoms with Crippen molar-refractivity contribution in [2.24, 2.45) is 16.5 Å². The molecule has 0 atom stereocenters. The molecule has 0 unspecified atom stereocenters. The minimum Gasteiger partial charge on any atom is -0.370 e. The average molecular weight is 152 g/mol. The molecule has 0 radical (unpaired) electrons. The summed E-state index contributed by atoms with van der Waals surface area (Å²) in [6.07, 6.45) is 0.345. The van der Waals surface area contributed by atoms with Gasteiger partial charge in [0.25, 0.3) is 0 Å². The molecule has 0 heterocycles. The summed E-state index contributed by atoms with van der Waals surface area (Å²) >= 11 is 0. The van der Waals surface area contributed by atoms with Crippen LogP contribution in [-0.2, 0) is 4.79 Å². The van der Waals surface area contributed by atoms with Gasteiger partial charge in [-0.1, -0.05) is 6.92 Å². The Kier molecular flexibility index (Phi) is 6.61. The van der Waals surface area contributed by atoms with Crippen molar-refractivity contribution in [1.29, 1.82) is 0 Å². The summed E-state index contributed by atoms with van der Waals surface area (Å²) in [6.45, 7) is 1.69. The summed E-state index contributed by atoms with van der Waals surface area (Å²) in [7, 11) is 0. The fourth-order valence-electron chi connectivity index (χ4n) is 0.223. The molecular weight excluding hydrogens is 142 g/mol. The van der Waals surface area contributed by atoms with E-state index in [1.807, 2.05) is 0 Å². The van der Waals surface area contributed by atoms with Crippen LogP contribution in [0, 0.1) is 0 Å². The molecule has 0 aliphatic rings. The van der Waals surface area contributed by atoms with E-state index >= 15 is 0 Å². The van der Waals surface area contributed by atoms with Gasteiger partial charge in [0.05, 0.1) is 0 Å². The maximum atomic E-state index is 10.3. The minimum atomic E-state index is -0.287. The highest BCUT2D eigenvalue weighted by Gasteiger charge is 1.90. The quantitative estimate of drug-likeness (QED) is 0.396. The molecule has 1 amide bonds. The molecule has 0 aromatic heterocycles. The standard InChI is InChI=1S/C4H9N3O.ClH/c1-2-3(8)7-4(5)6;/h2H2,1H3,(H4,5,6,7,8);1H. The first-order valence-electron chi connectivity index (χ1n) is 2.29. The second-order valence-electron chi connectivity index (χ2n) is 1.28. The number of aliphatic imine (C=N–C) groups is 1. The Labute approximate surface area is 59.7 Å². The molecule has 4 N–H and O–H groups in total. The van der Waals surface area contributed by atoms with Gasteiger partial charge < -0.3 is 11.5 Å². The van der Waals surface area contributed by atoms with Crippen LogP contribution in [0.1, 0.15) is 13.3 Å². The van der Waals surface area contributed by atoms with E-state index in [9.17, 15) is 4.79 Å². The Morgan fingerprint density at radius 2 is 2.00 bits per heavy atom. The molecule has 0 aliphatic heterocycles. The monoisotopic (exact) mass is 151 g/mol. The number of guanidine groups is 1. The van der Waals surface area contributed by atoms with Crippen LogP contribution in [0.15, 0.2) is 4.99 Å². The van der Waals surface area contributed by atoms with Crippen molar-refractivity contribution < 1.29 is 4.79 Å². The van der Waals surface area contributed by atoms with E-state index in [0.717, 1.165) is 0 Å². The summed E-state index contributed by atoms with van der Waals surface area (Å²) in [5.74, 6) is -0.457. The van der Waals surface area contributed by atoms with Gasteiger partial charge in [-0.15, -0.1) is 12.4 Å². The third-order valence-electron chi connectivity index (χ3n) is 0.556. The van der Waals surface area contributed by atoms with Crippen LogP contribution in [-0.4, -0.2) is 11.9 Å². The first kappa shape index (κ1) is 11.1. The summed E-state index contributed by atoms with van der Waals surface area (Å²) in [4.78, 5) is 13.5. The summed E-state index contributed by atoms with van der Waals surface area (Å²) < 4.78 is 0. The number of carbonyl (C=O) groups is 1. The number of rotatable bonds is 1. The molecule has 54 valence electrons. The second kappa shape index (κ2) is 5.37. The van der Waals surface area contributed by atoms with Crippen LogP contribution < -0.4 is 11.5 Å². The van der Waals surface area contributed by atoms with E-state index in [2.05, 4.69) is 4.99 Å². The fourth-order valence-corrected chi connectivity index (χ4v) is 0.223. The summed E-state index contributed by atoms with van der Waals surface area (Å²) in [5, 5.41) is 0. The van der Waals surface area contributed by atoms with Crippen LogP contribution in [0.3, 0.4) is 0 Å². The maximum Gasteiger partial charge on any atom is 0.248 e. The molecule has 0 aromatic rings. The van der Waals surface area contributed by atoms with Crippen LogP contribution in [0.2, 0.25) is 0 Å². The number of carbonyl (C=O) groups excluding carboxylic acids is 1. The van der Waals surface area contributed by atoms with Gasteiger partial charge in [0.1, 0.15) is 0 Å². The van der Waals surface area contributed by atoms with Crippen molar-refractivity contribution in [3.05, 3.63) is 0 Å². The topological polar surface area (TPSA) is 81.5 Å². The van der Waals surface area contributed by atoms with Gasteiger partial charge in [-0.25, -0.2) is 0 Å². The Balaban J connectivity index is 0. The molecule has 5 heteroatoms. The third kappa shape index (κ3) is 7.23. The van der Waals surface area contributed by atoms with Crippen LogP contribution >= 0.6 is 12.4 Å². The molecule has 0 spiro atoms. The average Bonchev–Trinajstić information content (AvgIpc) is 1.65. The zero-order chi connectivity index (χ0) is 6.57. The number of amides is 1. The lowest BCUT2D eigenvalue weighted by molar-refractivity contribution is -0.117. The van der Waals surface area contributed by atoms with Crippen LogP contribution in [0.5, 0.6) is 0 Å². The van der Waals surface area contributed by atoms with Crippen molar-refractivity contribution in [2.75, 3.05) is 0 Å². The maximum absolute atomic E-state index is 10.3. The van der Waals surface area contributed by atoms with Crippen molar-refractivity contribution in [1.82, 2.24) is 0 Å². The van der Waals surface area contributed by atoms with Crippen molar-refractivity contribution in [2.45, 2.75) is 13.3 Å². The molecular formula is C4H10ClN3O. The Bertz CT molecular complexity index is 119. The fraction of sp³-hybridized carbons (Fsp3) is 0.500. The molecule has 0 aliphatic carbocycles. The summed E-state index contributed by atoms with van der Waals surface area (Å²) in [5.41, 5.74) is 9.75. The SMILES string of the molecule is CCC(=O)N=C(N)N.Cl. The smallest absolute Gasteiger partial charge is 0.248 e. The van der Waals surface area contributed by atoms with Gasteiger partial charge in [0, 0.05) is 6.42 Å². The summed E-state index contributed by atoms with van der Waals surface area (Å²) in [6, 6.07) is 0. The van der Waals surface area contributed by atoms with Crippen molar-refractivity contribution in [3.63, 3.8) is 0 Å². The van der Waals surface area contributed by atoms with Gasteiger partial charge in [0.2, 0.25) is 5.91 Å². The van der Waals surface area contributed by atoms with Crippen molar-refractivity contribution >= 4 is 24.3 Å². The largest absolute Gasteiger partial charge is 0.370 e. The van der Waals surface area contributed by atoms with Gasteiger partial charge >= 0.3 is 0 Å². The zero-order valence-corrected chi connectivity index (χ0v) is 5.94. The number of nitrogens with zero attached hydrogens (tertiary/aromatic N) is 1. The highest BCUT2D eigenvalue weighted by Crippen LogP contribution is 1.78. The first-order valence-corrected chi connectivity index (χ1v) is 2.29. The molecule has 4 nitrogen and oxygen atoms in total. The first-order chi connectivity index (χ1) is 3.66. The molecule has 0 saturated carbocycles. The van der Waals surface area contributed by atoms with Gasteiger partial charge in [0.15, 0.2) is 5.96 Å². The van der Waals surface area contributed by atoms with E-state index < -0.39 is 0 Å². The second-order valence-corrected chi connectivity index (χ2v) is 1.28. The minimum absolute atomic E-state index is 0. The van der Waals surface area contributed by atoms with Gasteiger partial charge in [-0.3, -0.25) is 4.79 Å². The lowest BCUT2D eigenvalue weighted by atomic mass is 10.5. The predicted molar refractivity (Wildman–Crippen MR) is 38.4 cm³/mol. The molecule has 0 saturated heterocycles. The van der Waals surface area contributed by atoms with Crippen molar-refractivity contribution in [3.8, 4) is 0 Å². The van der Waals surface area contributed by atoms with Crippen LogP contribution in [0.25, 0.3) is 0 Å². The number of hydrogen-bond donors (Lipinski definition) is 2. The number of nitrogens with two attached hydrogens (primary N) is 2. The lowest BCUT2D eigenvalue weighted by Crippen LogP contribution is -2.23. The zero-order valence-electron chi connectivity index (χ0n) is 5.13. The Hall–Kier alpha value is -0.770. The molecule has 0 bridgehead atoms. The highest BCUT2D eigenvalue weighted by molar-refractivity contribution is 5.91. The molecule has 0 fully saturated rings. The lowest BCUT2D eigenvalue weighted by Gasteiger charge is -1.85. The number of hydrogen-bond acceptors (Lipinski definition) is 1. The van der Waals surface area contributed by atoms with E-state index in [1.54, 1.807) is 6.92 Å². The van der Waals surface area contributed by atoms with Gasteiger partial charge in [-0.2, -0.15) is 4.99 Å². The van der Waals surface area contributed by atoms with E-state index in [1.165, 1.54) is 0 Å². The molecule has 0 aromatic carbocycles. The van der Waals surface area contributed by atoms with Gasteiger partial charge in [-0.05, 0) is 0 Å². The molecule has 9 heavy (non-hydrogen) atoms. The van der Waals surface area contributed by atoms with E-state index in [4.69, 9.17) is 11.5 Å². The molecule has 0 rings (SSSR count). The third-order valence-corrected chi connectivity index (χ3v) is 0.556. The predicted octanol–water partition coefficient (Wildman–Crippen LogP) is -0.382. The van der Waals surface area contributed by atoms with Crippen LogP contribution in [0.4, 0.5) is 0 Å². The van der Waals surface area contributed by atoms with E-state index in [0.29, 0.717) is 6.42 Å². The Morgan fingerprint density at radius 1 is 1.56 bits per heavy atom. The normalized spacial score (nSPS) is 7.22. The number of halogens is 1.